The van der Waals surface area contributed by atoms with E-state index >= 15 is 0 Å². The van der Waals surface area contributed by atoms with E-state index in [1.165, 1.54) is 0 Å². The van der Waals surface area contributed by atoms with Crippen molar-refractivity contribution in [2.45, 2.75) is 13.0 Å². The number of allylic oxidation sites excluding steroid dienone is 1. The van der Waals surface area contributed by atoms with Crippen molar-refractivity contribution >= 4 is 28.6 Å². The summed E-state index contributed by atoms with van der Waals surface area (Å²) in [6.07, 6.45) is 0. The quantitative estimate of drug-likeness (QED) is 0.528. The molecule has 1 amide bonds. The number of nitrogens with zero attached hydrogens (tertiary/aromatic N) is 2. The van der Waals surface area contributed by atoms with Crippen molar-refractivity contribution in [1.29, 1.82) is 0 Å². The Morgan fingerprint density at radius 1 is 0.931 bits per heavy atom. The summed E-state index contributed by atoms with van der Waals surface area (Å²) in [5.41, 5.74) is 5.17. The van der Waals surface area contributed by atoms with Crippen molar-refractivity contribution in [3.8, 4) is 0 Å². The van der Waals surface area contributed by atoms with Gasteiger partial charge in [-0.05, 0) is 36.8 Å². The van der Waals surface area contributed by atoms with Gasteiger partial charge in [0.25, 0.3) is 5.91 Å². The fourth-order valence-electron chi connectivity index (χ4n) is 3.93. The zero-order chi connectivity index (χ0) is 19.8. The number of benzene rings is 3. The summed E-state index contributed by atoms with van der Waals surface area (Å²) in [7, 11) is 0. The van der Waals surface area contributed by atoms with Crippen molar-refractivity contribution in [2.75, 3.05) is 10.6 Å². The molecule has 0 saturated carbocycles. The number of carbonyl (C=O) groups is 1. The van der Waals surface area contributed by atoms with Gasteiger partial charge in [-0.2, -0.15) is 0 Å². The molecular formula is C24H20N4O. The Morgan fingerprint density at radius 2 is 1.59 bits per heavy atom. The lowest BCUT2D eigenvalue weighted by Gasteiger charge is -2.30. The van der Waals surface area contributed by atoms with Crippen molar-refractivity contribution in [1.82, 2.24) is 9.55 Å². The first kappa shape index (κ1) is 17.3. The topological polar surface area (TPSA) is 59.0 Å². The zero-order valence-electron chi connectivity index (χ0n) is 16.0. The highest BCUT2D eigenvalue weighted by molar-refractivity contribution is 6.06. The Bertz CT molecular complexity index is 1230. The van der Waals surface area contributed by atoms with Crippen LogP contribution in [0.25, 0.3) is 11.0 Å². The average Bonchev–Trinajstić information content (AvgIpc) is 3.12. The predicted octanol–water partition coefficient (Wildman–Crippen LogP) is 4.96. The van der Waals surface area contributed by atoms with Crippen LogP contribution < -0.4 is 10.6 Å². The van der Waals surface area contributed by atoms with Gasteiger partial charge in [0, 0.05) is 11.4 Å². The molecule has 1 aromatic heterocycles. The van der Waals surface area contributed by atoms with Crippen molar-refractivity contribution in [3.63, 3.8) is 0 Å². The number of nitrogens with one attached hydrogen (secondary N) is 2. The molecule has 0 aliphatic carbocycles. The van der Waals surface area contributed by atoms with Gasteiger partial charge in [-0.3, -0.25) is 9.36 Å². The smallest absolute Gasteiger partial charge is 0.255 e. The summed E-state index contributed by atoms with van der Waals surface area (Å²) in [6, 6.07) is 27.3. The highest BCUT2D eigenvalue weighted by Gasteiger charge is 2.33. The Kier molecular flexibility index (Phi) is 4.13. The third-order valence-corrected chi connectivity index (χ3v) is 5.22. The number of para-hydroxylation sites is 3. The normalized spacial score (nSPS) is 15.7. The molecule has 2 N–H and O–H groups in total. The Morgan fingerprint density at radius 3 is 2.34 bits per heavy atom. The molecule has 0 bridgehead atoms. The number of rotatable bonds is 3. The van der Waals surface area contributed by atoms with Crippen molar-refractivity contribution < 1.29 is 4.79 Å². The number of carbonyl (C=O) groups excluding carboxylic acids is 1. The van der Waals surface area contributed by atoms with Gasteiger partial charge in [-0.15, -0.1) is 0 Å². The highest BCUT2D eigenvalue weighted by Crippen LogP contribution is 2.39. The molecule has 0 saturated heterocycles. The van der Waals surface area contributed by atoms with E-state index in [1.54, 1.807) is 0 Å². The van der Waals surface area contributed by atoms with Gasteiger partial charge in [-0.25, -0.2) is 4.98 Å². The van der Waals surface area contributed by atoms with E-state index in [4.69, 9.17) is 4.98 Å². The van der Waals surface area contributed by atoms with Gasteiger partial charge < -0.3 is 10.6 Å². The van der Waals surface area contributed by atoms with Crippen LogP contribution >= 0.6 is 0 Å². The van der Waals surface area contributed by atoms with Crippen molar-refractivity contribution in [3.05, 3.63) is 102 Å². The second-order valence-corrected chi connectivity index (χ2v) is 7.09. The molecule has 5 rings (SSSR count). The van der Waals surface area contributed by atoms with Gasteiger partial charge in [0.15, 0.2) is 0 Å². The molecule has 1 aliphatic heterocycles. The molecule has 0 fully saturated rings. The monoisotopic (exact) mass is 380 g/mol. The van der Waals surface area contributed by atoms with Crippen molar-refractivity contribution in [2.24, 2.45) is 0 Å². The van der Waals surface area contributed by atoms with Crippen LogP contribution in [0.4, 0.5) is 11.6 Å². The molecule has 5 heteroatoms. The first-order valence-electron chi connectivity index (χ1n) is 9.58. The summed E-state index contributed by atoms with van der Waals surface area (Å²) >= 11 is 0. The van der Waals surface area contributed by atoms with Crippen LogP contribution in [0, 0.1) is 0 Å². The predicted molar refractivity (Wildman–Crippen MR) is 116 cm³/mol. The second kappa shape index (κ2) is 6.95. The fourth-order valence-corrected chi connectivity index (χ4v) is 3.93. The van der Waals surface area contributed by atoms with Crippen LogP contribution in [0.2, 0.25) is 0 Å². The van der Waals surface area contributed by atoms with Gasteiger partial charge in [0.1, 0.15) is 0 Å². The third-order valence-electron chi connectivity index (χ3n) is 5.22. The molecular weight excluding hydrogens is 360 g/mol. The lowest BCUT2D eigenvalue weighted by molar-refractivity contribution is -0.113. The summed E-state index contributed by atoms with van der Waals surface area (Å²) < 4.78 is 2.11. The number of fused-ring (bicyclic) bond motifs is 3. The lowest BCUT2D eigenvalue weighted by atomic mass is 9.94. The van der Waals surface area contributed by atoms with Gasteiger partial charge in [0.2, 0.25) is 5.95 Å². The maximum Gasteiger partial charge on any atom is 0.255 e. The van der Waals surface area contributed by atoms with Gasteiger partial charge in [-0.1, -0.05) is 60.7 Å². The van der Waals surface area contributed by atoms with Crippen LogP contribution in [0.3, 0.4) is 0 Å². The summed E-state index contributed by atoms with van der Waals surface area (Å²) in [4.78, 5) is 18.1. The van der Waals surface area contributed by atoms with Gasteiger partial charge in [0.05, 0.1) is 22.6 Å². The summed E-state index contributed by atoms with van der Waals surface area (Å²) in [5, 5.41) is 6.38. The first-order chi connectivity index (χ1) is 14.2. The molecule has 1 atom stereocenters. The molecule has 4 aromatic rings. The molecule has 3 aromatic carbocycles. The maximum absolute atomic E-state index is 13.4. The Hall–Kier alpha value is -3.86. The number of imidazole rings is 1. The largest absolute Gasteiger partial charge is 0.329 e. The lowest BCUT2D eigenvalue weighted by Crippen LogP contribution is -2.30. The third kappa shape index (κ3) is 2.97. The fraction of sp³-hybridized carbons (Fsp3) is 0.0833. The van der Waals surface area contributed by atoms with Crippen LogP contribution in [0.1, 0.15) is 18.5 Å². The van der Waals surface area contributed by atoms with E-state index in [2.05, 4.69) is 27.3 Å². The molecule has 0 radical (unpaired) electrons. The van der Waals surface area contributed by atoms with E-state index in [9.17, 15) is 4.79 Å². The number of amides is 1. The van der Waals surface area contributed by atoms with E-state index in [0.717, 1.165) is 33.9 Å². The standard InChI is InChI=1S/C24H20N4O/c1-16-21(23(29)26-18-12-6-3-7-13-18)22(17-10-4-2-5-11-17)28-20-15-9-8-14-19(20)27-24(28)25-16/h2-15,22H,1H3,(H,25,27)(H,26,29)/t22-/m1/s1. The van der Waals surface area contributed by atoms with Crippen LogP contribution in [0.15, 0.2) is 96.2 Å². The molecule has 142 valence electrons. The van der Waals surface area contributed by atoms with E-state index < -0.39 is 0 Å². The number of hydrogen-bond acceptors (Lipinski definition) is 3. The maximum atomic E-state index is 13.4. The summed E-state index contributed by atoms with van der Waals surface area (Å²) in [6.45, 7) is 1.93. The minimum atomic E-state index is -0.274. The van der Waals surface area contributed by atoms with E-state index in [0.29, 0.717) is 5.57 Å². The molecule has 5 nitrogen and oxygen atoms in total. The van der Waals surface area contributed by atoms with Crippen LogP contribution in [-0.2, 0) is 4.79 Å². The Labute approximate surface area is 168 Å². The minimum Gasteiger partial charge on any atom is -0.329 e. The SMILES string of the molecule is CC1=C(C(=O)Nc2ccccc2)[C@@H](c2ccccc2)n2c(nc3ccccc32)N1. The van der Waals surface area contributed by atoms with E-state index in [1.807, 2.05) is 79.7 Å². The molecule has 1 aliphatic rings. The zero-order valence-corrected chi connectivity index (χ0v) is 16.0. The molecule has 29 heavy (non-hydrogen) atoms. The Balaban J connectivity index is 1.67. The number of hydrogen-bond donors (Lipinski definition) is 2. The van der Waals surface area contributed by atoms with Crippen LogP contribution in [-0.4, -0.2) is 15.5 Å². The average molecular weight is 380 g/mol. The van der Waals surface area contributed by atoms with Crippen LogP contribution in [0.5, 0.6) is 0 Å². The van der Waals surface area contributed by atoms with Gasteiger partial charge >= 0.3 is 0 Å². The highest BCUT2D eigenvalue weighted by atomic mass is 16.1. The summed E-state index contributed by atoms with van der Waals surface area (Å²) in [5.74, 6) is 0.618. The number of aromatic nitrogens is 2. The minimum absolute atomic E-state index is 0.126. The second-order valence-electron chi connectivity index (χ2n) is 7.09. The molecule has 0 unspecified atom stereocenters. The first-order valence-corrected chi connectivity index (χ1v) is 9.58. The number of anilines is 2. The molecule has 0 spiro atoms. The van der Waals surface area contributed by atoms with E-state index in [-0.39, 0.29) is 11.9 Å². The molecule has 2 heterocycles.